The molecule has 0 heterocycles. The van der Waals surface area contributed by atoms with Crippen LogP contribution in [0.4, 0.5) is 0 Å². The summed E-state index contributed by atoms with van der Waals surface area (Å²) >= 11 is 0. The van der Waals surface area contributed by atoms with Gasteiger partial charge in [-0.15, -0.1) is 0 Å². The molecule has 0 aromatic carbocycles. The van der Waals surface area contributed by atoms with E-state index in [-0.39, 0.29) is 6.61 Å². The first-order chi connectivity index (χ1) is 10.4. The van der Waals surface area contributed by atoms with Crippen molar-refractivity contribution < 1.29 is 5.11 Å². The molecule has 0 aliphatic rings. The quantitative estimate of drug-likeness (QED) is 0.254. The van der Waals surface area contributed by atoms with E-state index in [0.29, 0.717) is 0 Å². The molecule has 21 heavy (non-hydrogen) atoms. The zero-order valence-electron chi connectivity index (χ0n) is 13.6. The van der Waals surface area contributed by atoms with Gasteiger partial charge in [-0.1, -0.05) is 80.0 Å². The summed E-state index contributed by atoms with van der Waals surface area (Å²) < 4.78 is 0. The van der Waals surface area contributed by atoms with Gasteiger partial charge in [0.25, 0.3) is 0 Å². The van der Waals surface area contributed by atoms with Crippen molar-refractivity contribution in [3.63, 3.8) is 0 Å². The molecule has 118 valence electrons. The Morgan fingerprint density at radius 3 is 1.62 bits per heavy atom. The Bertz CT molecular complexity index is 332. The second-order valence-corrected chi connectivity index (χ2v) is 5.05. The zero-order chi connectivity index (χ0) is 15.4. The van der Waals surface area contributed by atoms with Crippen LogP contribution in [0, 0.1) is 0 Å². The van der Waals surface area contributed by atoms with Crippen LogP contribution in [0.25, 0.3) is 0 Å². The number of unbranched alkanes of at least 4 members (excludes halogenated alkanes) is 6. The minimum atomic E-state index is 0.221. The minimum absolute atomic E-state index is 0.221. The van der Waals surface area contributed by atoms with Gasteiger partial charge in [0.15, 0.2) is 0 Å². The van der Waals surface area contributed by atoms with Crippen LogP contribution >= 0.6 is 0 Å². The molecule has 0 amide bonds. The van der Waals surface area contributed by atoms with Crippen molar-refractivity contribution in [1.29, 1.82) is 0 Å². The Labute approximate surface area is 131 Å². The van der Waals surface area contributed by atoms with Crippen LogP contribution in [0.15, 0.2) is 60.8 Å². The molecule has 0 saturated carbocycles. The molecule has 1 heteroatoms. The fourth-order valence-corrected chi connectivity index (χ4v) is 1.90. The molecule has 0 saturated heterocycles. The predicted molar refractivity (Wildman–Crippen MR) is 95.4 cm³/mol. The highest BCUT2D eigenvalue weighted by atomic mass is 16.2. The van der Waals surface area contributed by atoms with Crippen molar-refractivity contribution >= 4 is 0 Å². The number of aliphatic hydroxyl groups excluding tert-OH is 1. The molecule has 0 rings (SSSR count). The third-order valence-electron chi connectivity index (χ3n) is 3.10. The first kappa shape index (κ1) is 19.7. The van der Waals surface area contributed by atoms with E-state index in [1.807, 2.05) is 30.4 Å². The highest BCUT2D eigenvalue weighted by molar-refractivity contribution is 5.15. The number of hydrogen-bond donors (Lipinski definition) is 1. The molecule has 0 fully saturated rings. The average molecular weight is 288 g/mol. The summed E-state index contributed by atoms with van der Waals surface area (Å²) in [5.74, 6) is 0. The van der Waals surface area contributed by atoms with Crippen LogP contribution in [-0.4, -0.2) is 11.7 Å². The highest BCUT2D eigenvalue weighted by Crippen LogP contribution is 2.07. The first-order valence-corrected chi connectivity index (χ1v) is 8.28. The fraction of sp³-hybridized carbons (Fsp3) is 0.500. The van der Waals surface area contributed by atoms with Crippen LogP contribution in [-0.2, 0) is 0 Å². The van der Waals surface area contributed by atoms with Gasteiger partial charge in [-0.25, -0.2) is 0 Å². The third-order valence-corrected chi connectivity index (χ3v) is 3.10. The predicted octanol–water partition coefficient (Wildman–Crippen LogP) is 5.90. The van der Waals surface area contributed by atoms with Crippen molar-refractivity contribution in [3.8, 4) is 0 Å². The van der Waals surface area contributed by atoms with E-state index in [1.165, 1.54) is 44.9 Å². The number of rotatable bonds is 13. The van der Waals surface area contributed by atoms with E-state index in [0.717, 1.165) is 6.42 Å². The van der Waals surface area contributed by atoms with Gasteiger partial charge in [-0.05, 0) is 39.0 Å². The van der Waals surface area contributed by atoms with Gasteiger partial charge in [0.2, 0.25) is 0 Å². The van der Waals surface area contributed by atoms with Crippen molar-refractivity contribution in [2.75, 3.05) is 6.61 Å². The monoisotopic (exact) mass is 288 g/mol. The molecule has 1 nitrogen and oxygen atoms in total. The maximum absolute atomic E-state index is 8.59. The molecule has 0 aromatic rings. The summed E-state index contributed by atoms with van der Waals surface area (Å²) in [6.45, 7) is 2.31. The van der Waals surface area contributed by atoms with Crippen molar-refractivity contribution in [2.24, 2.45) is 0 Å². The third kappa shape index (κ3) is 18.7. The zero-order valence-corrected chi connectivity index (χ0v) is 13.6. The lowest BCUT2D eigenvalue weighted by molar-refractivity contribution is 0.302. The molecule has 0 radical (unpaired) electrons. The largest absolute Gasteiger partial charge is 0.396 e. The number of allylic oxidation sites excluding steroid dienone is 9. The molecule has 0 aliphatic heterocycles. The molecule has 0 bridgehead atoms. The summed E-state index contributed by atoms with van der Waals surface area (Å²) in [5, 5.41) is 8.59. The van der Waals surface area contributed by atoms with Crippen molar-refractivity contribution in [3.05, 3.63) is 60.8 Å². The Morgan fingerprint density at radius 1 is 0.571 bits per heavy atom. The van der Waals surface area contributed by atoms with Gasteiger partial charge in [-0.3, -0.25) is 0 Å². The van der Waals surface area contributed by atoms with Crippen LogP contribution in [0.2, 0.25) is 0 Å². The topological polar surface area (TPSA) is 20.2 Å². The first-order valence-electron chi connectivity index (χ1n) is 8.28. The molecule has 0 aliphatic carbocycles. The van der Waals surface area contributed by atoms with Crippen molar-refractivity contribution in [2.45, 2.75) is 58.3 Å². The van der Waals surface area contributed by atoms with Crippen LogP contribution in [0.3, 0.4) is 0 Å². The summed E-state index contributed by atoms with van der Waals surface area (Å²) in [6, 6.07) is 0. The van der Waals surface area contributed by atoms with Gasteiger partial charge in [0.1, 0.15) is 0 Å². The van der Waals surface area contributed by atoms with Gasteiger partial charge in [-0.2, -0.15) is 0 Å². The lowest BCUT2D eigenvalue weighted by Gasteiger charge is -1.97. The van der Waals surface area contributed by atoms with Gasteiger partial charge >= 0.3 is 0 Å². The second kappa shape index (κ2) is 18.7. The van der Waals surface area contributed by atoms with Crippen LogP contribution in [0.5, 0.6) is 0 Å². The maximum Gasteiger partial charge on any atom is 0.0465 e. The summed E-state index contributed by atoms with van der Waals surface area (Å²) in [5.41, 5.74) is 0. The van der Waals surface area contributed by atoms with Gasteiger partial charge in [0.05, 0.1) is 0 Å². The SMILES string of the molecule is C/C=C/CCCCCCC/C=C/C=C/C=C/C=C/CCO. The highest BCUT2D eigenvalue weighted by Gasteiger charge is 1.88. The molecular weight excluding hydrogens is 256 g/mol. The number of aliphatic hydroxyl groups is 1. The summed E-state index contributed by atoms with van der Waals surface area (Å²) in [6.07, 6.45) is 30.6. The molecule has 1 N–H and O–H groups in total. The van der Waals surface area contributed by atoms with E-state index >= 15 is 0 Å². The molecule has 0 spiro atoms. The van der Waals surface area contributed by atoms with Crippen LogP contribution in [0.1, 0.15) is 58.3 Å². The Kier molecular flexibility index (Phi) is 17.5. The molecular formula is C20H32O. The summed E-state index contributed by atoms with van der Waals surface area (Å²) in [7, 11) is 0. The Morgan fingerprint density at radius 2 is 1.05 bits per heavy atom. The van der Waals surface area contributed by atoms with E-state index in [2.05, 4.69) is 37.3 Å². The normalized spacial score (nSPS) is 13.0. The van der Waals surface area contributed by atoms with E-state index < -0.39 is 0 Å². The standard InChI is InChI=1S/C20H32O/c1-2-3-4-5-6-7-8-9-10-11-12-13-14-15-16-17-18-19-20-21/h2-3,11-18,21H,4-10,19-20H2,1H3/b3-2+,12-11+,14-13+,16-15+,18-17+. The lowest BCUT2D eigenvalue weighted by Crippen LogP contribution is -1.78. The Hall–Kier alpha value is -1.34. The van der Waals surface area contributed by atoms with Crippen LogP contribution < -0.4 is 0 Å². The minimum Gasteiger partial charge on any atom is -0.396 e. The van der Waals surface area contributed by atoms with Gasteiger partial charge < -0.3 is 5.11 Å². The molecule has 0 atom stereocenters. The number of hydrogen-bond acceptors (Lipinski definition) is 1. The second-order valence-electron chi connectivity index (χ2n) is 5.05. The molecule has 0 unspecified atom stereocenters. The van der Waals surface area contributed by atoms with Gasteiger partial charge in [0, 0.05) is 6.61 Å². The Balaban J connectivity index is 3.35. The van der Waals surface area contributed by atoms with E-state index in [4.69, 9.17) is 5.11 Å². The fourth-order valence-electron chi connectivity index (χ4n) is 1.90. The van der Waals surface area contributed by atoms with E-state index in [1.54, 1.807) is 0 Å². The average Bonchev–Trinajstić information content (AvgIpc) is 2.50. The maximum atomic E-state index is 8.59. The summed E-state index contributed by atoms with van der Waals surface area (Å²) in [4.78, 5) is 0. The molecule has 0 aromatic heterocycles. The smallest absolute Gasteiger partial charge is 0.0465 e. The lowest BCUT2D eigenvalue weighted by atomic mass is 10.1. The van der Waals surface area contributed by atoms with Crippen molar-refractivity contribution in [1.82, 2.24) is 0 Å². The van der Waals surface area contributed by atoms with E-state index in [9.17, 15) is 0 Å².